The lowest BCUT2D eigenvalue weighted by Crippen LogP contribution is -2.13. The number of ether oxygens (including phenoxy) is 3. The zero-order valence-corrected chi connectivity index (χ0v) is 16.1. The normalized spacial score (nSPS) is 16.4. The molecule has 150 valence electrons. The molecule has 1 unspecified atom stereocenters. The van der Waals surface area contributed by atoms with Gasteiger partial charge in [-0.2, -0.15) is 5.26 Å². The molecule has 0 spiro atoms. The minimum absolute atomic E-state index is 0.161. The van der Waals surface area contributed by atoms with Gasteiger partial charge in [-0.05, 0) is 46.5 Å². The van der Waals surface area contributed by atoms with Crippen LogP contribution in [0.4, 0.5) is 0 Å². The Hall–Kier alpha value is -3.77. The number of carbonyl (C=O) groups is 1. The molecule has 0 fully saturated rings. The van der Waals surface area contributed by atoms with Crippen molar-refractivity contribution in [1.29, 1.82) is 0 Å². The van der Waals surface area contributed by atoms with Crippen LogP contribution < -0.4 is 14.2 Å². The van der Waals surface area contributed by atoms with Gasteiger partial charge in [0.15, 0.2) is 11.5 Å². The summed E-state index contributed by atoms with van der Waals surface area (Å²) in [5.74, 6) is 0.800. The second kappa shape index (κ2) is 7.24. The molecule has 3 aromatic carbocycles. The van der Waals surface area contributed by atoms with Crippen molar-refractivity contribution in [3.8, 4) is 17.2 Å². The largest absolute Gasteiger partial charge is 0.497 e. The van der Waals surface area contributed by atoms with Gasteiger partial charge >= 0.3 is 5.97 Å². The SMILES string of the molecule is COc1ccc(C2C(C(=O)OO)=C(c3ccc4c(c3)OCO4)c3ccccc32)cc1. The number of carbonyl (C=O) groups excluding carboxylic acids is 1. The Kier molecular flexibility index (Phi) is 4.41. The zero-order valence-electron chi connectivity index (χ0n) is 16.1. The fraction of sp³-hybridized carbons (Fsp3) is 0.125. The van der Waals surface area contributed by atoms with E-state index in [1.807, 2.05) is 66.7 Å². The van der Waals surface area contributed by atoms with Gasteiger partial charge in [-0.25, -0.2) is 4.79 Å². The molecule has 5 rings (SSSR count). The van der Waals surface area contributed by atoms with E-state index in [1.54, 1.807) is 7.11 Å². The highest BCUT2D eigenvalue weighted by Crippen LogP contribution is 2.49. The summed E-state index contributed by atoms with van der Waals surface area (Å²) in [5, 5.41) is 9.29. The number of hydrogen-bond acceptors (Lipinski definition) is 6. The van der Waals surface area contributed by atoms with Gasteiger partial charge in [0.25, 0.3) is 0 Å². The first-order chi connectivity index (χ1) is 14.7. The number of rotatable bonds is 4. The van der Waals surface area contributed by atoms with Crippen LogP contribution in [0.15, 0.2) is 72.3 Å². The van der Waals surface area contributed by atoms with Crippen molar-refractivity contribution in [2.45, 2.75) is 5.92 Å². The molecule has 1 N–H and O–H groups in total. The zero-order chi connectivity index (χ0) is 20.7. The highest BCUT2D eigenvalue weighted by Gasteiger charge is 2.38. The quantitative estimate of drug-likeness (QED) is 0.515. The van der Waals surface area contributed by atoms with Crippen molar-refractivity contribution in [2.75, 3.05) is 13.9 Å². The third-order valence-corrected chi connectivity index (χ3v) is 5.51. The molecule has 0 bridgehead atoms. The Balaban J connectivity index is 1.74. The fourth-order valence-electron chi connectivity index (χ4n) is 4.20. The van der Waals surface area contributed by atoms with Crippen LogP contribution in [0.1, 0.15) is 28.2 Å². The molecular formula is C24H18O6. The van der Waals surface area contributed by atoms with Gasteiger partial charge in [0.05, 0.1) is 12.7 Å². The van der Waals surface area contributed by atoms with E-state index in [2.05, 4.69) is 4.89 Å². The van der Waals surface area contributed by atoms with Crippen LogP contribution in [0.3, 0.4) is 0 Å². The van der Waals surface area contributed by atoms with E-state index in [1.165, 1.54) is 0 Å². The van der Waals surface area contributed by atoms with E-state index in [0.717, 1.165) is 28.0 Å². The van der Waals surface area contributed by atoms with Crippen LogP contribution in [0.2, 0.25) is 0 Å². The summed E-state index contributed by atoms with van der Waals surface area (Å²) in [4.78, 5) is 17.0. The molecule has 0 radical (unpaired) electrons. The summed E-state index contributed by atoms with van der Waals surface area (Å²) in [6, 6.07) is 20.8. The van der Waals surface area contributed by atoms with Crippen molar-refractivity contribution in [1.82, 2.24) is 0 Å². The monoisotopic (exact) mass is 402 g/mol. The van der Waals surface area contributed by atoms with Crippen LogP contribution >= 0.6 is 0 Å². The lowest BCUT2D eigenvalue weighted by molar-refractivity contribution is -0.229. The number of fused-ring (bicyclic) bond motifs is 2. The molecule has 0 aromatic heterocycles. The Morgan fingerprint density at radius 1 is 1.00 bits per heavy atom. The molecule has 2 aliphatic rings. The van der Waals surface area contributed by atoms with E-state index < -0.39 is 11.9 Å². The fourth-order valence-corrected chi connectivity index (χ4v) is 4.20. The van der Waals surface area contributed by atoms with E-state index in [9.17, 15) is 10.1 Å². The molecule has 1 atom stereocenters. The summed E-state index contributed by atoms with van der Waals surface area (Å²) in [5.41, 5.74) is 4.59. The average molecular weight is 402 g/mol. The van der Waals surface area contributed by atoms with Crippen LogP contribution in [0, 0.1) is 0 Å². The maximum Gasteiger partial charge on any atom is 0.370 e. The molecular weight excluding hydrogens is 384 g/mol. The average Bonchev–Trinajstić information content (AvgIpc) is 3.40. The topological polar surface area (TPSA) is 74.2 Å². The molecule has 30 heavy (non-hydrogen) atoms. The molecule has 6 heteroatoms. The van der Waals surface area contributed by atoms with Gasteiger partial charge in [-0.3, -0.25) is 4.89 Å². The van der Waals surface area contributed by atoms with Crippen LogP contribution in [0.25, 0.3) is 5.57 Å². The number of hydrogen-bond donors (Lipinski definition) is 1. The van der Waals surface area contributed by atoms with Gasteiger partial charge in [0.2, 0.25) is 6.79 Å². The first kappa shape index (κ1) is 18.3. The molecule has 0 amide bonds. The van der Waals surface area contributed by atoms with Gasteiger partial charge in [-0.1, -0.05) is 42.5 Å². The summed E-state index contributed by atoms with van der Waals surface area (Å²) >= 11 is 0. The second-order valence-electron chi connectivity index (χ2n) is 7.03. The van der Waals surface area contributed by atoms with E-state index in [4.69, 9.17) is 14.2 Å². The van der Waals surface area contributed by atoms with Crippen molar-refractivity contribution >= 4 is 11.5 Å². The molecule has 0 saturated heterocycles. The predicted molar refractivity (Wildman–Crippen MR) is 109 cm³/mol. The highest BCUT2D eigenvalue weighted by atomic mass is 17.1. The first-order valence-electron chi connectivity index (χ1n) is 9.44. The van der Waals surface area contributed by atoms with Crippen molar-refractivity contribution < 1.29 is 29.1 Å². The number of methoxy groups -OCH3 is 1. The third-order valence-electron chi connectivity index (χ3n) is 5.51. The Bertz CT molecular complexity index is 1160. The standard InChI is InChI=1S/C24H18O6/c1-27-16-9-6-14(7-10-16)21-17-4-2-3-5-18(17)22(23(21)24(25)30-26)15-8-11-19-20(12-15)29-13-28-19/h2-12,21,26H,13H2,1H3. The lowest BCUT2D eigenvalue weighted by atomic mass is 9.88. The maximum atomic E-state index is 12.8. The summed E-state index contributed by atoms with van der Waals surface area (Å²) in [7, 11) is 1.60. The van der Waals surface area contributed by atoms with Gasteiger partial charge in [0.1, 0.15) is 5.75 Å². The summed E-state index contributed by atoms with van der Waals surface area (Å²) in [6.07, 6.45) is 0. The van der Waals surface area contributed by atoms with Gasteiger partial charge in [0, 0.05) is 11.5 Å². The Morgan fingerprint density at radius 2 is 1.77 bits per heavy atom. The minimum atomic E-state index is -0.792. The van der Waals surface area contributed by atoms with Crippen molar-refractivity contribution in [3.05, 3.63) is 94.6 Å². The summed E-state index contributed by atoms with van der Waals surface area (Å²) < 4.78 is 16.2. The molecule has 1 aliphatic heterocycles. The van der Waals surface area contributed by atoms with Gasteiger partial charge < -0.3 is 14.2 Å². The summed E-state index contributed by atoms with van der Waals surface area (Å²) in [6.45, 7) is 0.161. The number of benzene rings is 3. The lowest BCUT2D eigenvalue weighted by Gasteiger charge is -2.16. The molecule has 1 heterocycles. The molecule has 1 aliphatic carbocycles. The third kappa shape index (κ3) is 2.81. The smallest absolute Gasteiger partial charge is 0.370 e. The van der Waals surface area contributed by atoms with E-state index in [0.29, 0.717) is 22.6 Å². The van der Waals surface area contributed by atoms with E-state index >= 15 is 0 Å². The molecule has 3 aromatic rings. The maximum absolute atomic E-state index is 12.8. The van der Waals surface area contributed by atoms with Gasteiger partial charge in [-0.15, -0.1) is 0 Å². The van der Waals surface area contributed by atoms with Crippen LogP contribution in [-0.2, 0) is 9.68 Å². The van der Waals surface area contributed by atoms with Crippen molar-refractivity contribution in [3.63, 3.8) is 0 Å². The predicted octanol–water partition coefficient (Wildman–Crippen LogP) is 4.39. The highest BCUT2D eigenvalue weighted by molar-refractivity contribution is 6.07. The Morgan fingerprint density at radius 3 is 2.53 bits per heavy atom. The first-order valence-corrected chi connectivity index (χ1v) is 9.44. The Labute approximate surface area is 172 Å². The van der Waals surface area contributed by atoms with Crippen LogP contribution in [0.5, 0.6) is 17.2 Å². The molecule has 0 saturated carbocycles. The van der Waals surface area contributed by atoms with Crippen molar-refractivity contribution in [2.24, 2.45) is 0 Å². The van der Waals surface area contributed by atoms with E-state index in [-0.39, 0.29) is 6.79 Å². The second-order valence-corrected chi connectivity index (χ2v) is 7.03. The molecule has 6 nitrogen and oxygen atoms in total. The minimum Gasteiger partial charge on any atom is -0.497 e. The van der Waals surface area contributed by atoms with Crippen LogP contribution in [-0.4, -0.2) is 25.1 Å².